The molecule has 0 aliphatic carbocycles. The Balaban J connectivity index is 0.000000289. The number of hydrogen-bond donors (Lipinski definition) is 1. The number of pyridine rings is 3. The summed E-state index contributed by atoms with van der Waals surface area (Å²) < 4.78 is 7.69. The molecule has 0 saturated heterocycles. The first-order chi connectivity index (χ1) is 24.2. The van der Waals surface area contributed by atoms with E-state index in [1.807, 2.05) is 66.7 Å². The Hall–Kier alpha value is -3.65. The Kier molecular flexibility index (Phi) is 13.1. The summed E-state index contributed by atoms with van der Waals surface area (Å²) in [6, 6.07) is 23.5. The van der Waals surface area contributed by atoms with Crippen molar-refractivity contribution in [2.45, 2.75) is 91.4 Å². The van der Waals surface area contributed by atoms with E-state index in [9.17, 15) is 9.90 Å². The van der Waals surface area contributed by atoms with Crippen LogP contribution in [0.15, 0.2) is 89.2 Å². The standard InChI is InChI=1S/C29H24GeN3O.C15H28O2.Ir/c1-18-10-12-21-24-16-31-17-25(28(24)34-29(21)32-18)27-15-22(19-8-6-5-7-9-19)23-14-20(30(2,3)4)11-13-26(23)33-27;1-7-14(5,8-2)12(16)11-13(17)15(6,9-3)10-4;/h5-16H,1-4H3;11,16H,7-10H2,1-6H3;/q-1;;/b;12-11-;. The predicted octanol–water partition coefficient (Wildman–Crippen LogP) is 11.6. The van der Waals surface area contributed by atoms with Crippen LogP contribution in [0.3, 0.4) is 0 Å². The Bertz CT molecular complexity index is 2210. The van der Waals surface area contributed by atoms with Gasteiger partial charge in [-0.05, 0) is 32.6 Å². The summed E-state index contributed by atoms with van der Waals surface area (Å²) in [6.45, 7) is 14.0. The molecule has 1 radical (unpaired) electrons. The van der Waals surface area contributed by atoms with Gasteiger partial charge in [-0.3, -0.25) is 4.79 Å². The van der Waals surface area contributed by atoms with E-state index < -0.39 is 13.3 Å². The molecule has 6 rings (SSSR count). The number of carbonyl (C=O) groups excluding carboxylic acids is 1. The number of aromatic nitrogens is 3. The van der Waals surface area contributed by atoms with Crippen LogP contribution < -0.4 is 4.40 Å². The van der Waals surface area contributed by atoms with Crippen LogP contribution in [0.1, 0.15) is 72.9 Å². The molecule has 0 aliphatic heterocycles. The van der Waals surface area contributed by atoms with Crippen molar-refractivity contribution in [3.63, 3.8) is 0 Å². The molecule has 4 heterocycles. The van der Waals surface area contributed by atoms with E-state index >= 15 is 0 Å². The maximum Gasteiger partial charge on any atom is 0 e. The third-order valence-corrected chi connectivity index (χ3v) is 15.2. The number of aryl methyl sites for hydroxylation is 1. The van der Waals surface area contributed by atoms with E-state index in [1.54, 1.807) is 6.20 Å². The van der Waals surface area contributed by atoms with Crippen molar-refractivity contribution in [3.05, 3.63) is 96.7 Å². The summed E-state index contributed by atoms with van der Waals surface area (Å²) in [6.07, 6.45) is 9.71. The Labute approximate surface area is 325 Å². The molecule has 0 fully saturated rings. The van der Waals surface area contributed by atoms with Crippen LogP contribution in [0.5, 0.6) is 0 Å². The van der Waals surface area contributed by atoms with Gasteiger partial charge in [0, 0.05) is 37.0 Å². The van der Waals surface area contributed by atoms with Crippen molar-refractivity contribution >= 4 is 56.4 Å². The van der Waals surface area contributed by atoms with Gasteiger partial charge in [0.05, 0.1) is 0 Å². The molecule has 0 atom stereocenters. The molecule has 52 heavy (non-hydrogen) atoms. The average molecular weight is 936 g/mol. The largest absolute Gasteiger partial charge is 0 e. The van der Waals surface area contributed by atoms with E-state index in [0.29, 0.717) is 5.71 Å². The third kappa shape index (κ3) is 8.43. The maximum absolute atomic E-state index is 12.2. The summed E-state index contributed by atoms with van der Waals surface area (Å²) in [7, 11) is 0. The fraction of sp³-hybridized carbons (Fsp3) is 0.364. The minimum atomic E-state index is -2.01. The Morgan fingerprint density at radius 1 is 0.846 bits per heavy atom. The number of aliphatic hydroxyl groups excluding tert-OH is 1. The number of ketones is 1. The molecule has 1 N–H and O–H groups in total. The van der Waals surface area contributed by atoms with Gasteiger partial charge < -0.3 is 5.11 Å². The summed E-state index contributed by atoms with van der Waals surface area (Å²) >= 11 is -2.01. The van der Waals surface area contributed by atoms with Crippen LogP contribution in [0, 0.1) is 24.0 Å². The molecule has 0 aliphatic rings. The number of rotatable bonds is 10. The number of carbonyl (C=O) groups is 1. The number of furan rings is 1. The van der Waals surface area contributed by atoms with Crippen molar-refractivity contribution < 1.29 is 34.4 Å². The second-order valence-electron chi connectivity index (χ2n) is 15.2. The van der Waals surface area contributed by atoms with Crippen LogP contribution >= 0.6 is 0 Å². The summed E-state index contributed by atoms with van der Waals surface area (Å²) in [5, 5.41) is 13.2. The molecule has 6 nitrogen and oxygen atoms in total. The van der Waals surface area contributed by atoms with Gasteiger partial charge in [0.1, 0.15) is 5.76 Å². The predicted molar refractivity (Wildman–Crippen MR) is 215 cm³/mol. The fourth-order valence-corrected chi connectivity index (χ4v) is 8.58. The maximum atomic E-state index is 12.2. The minimum Gasteiger partial charge on any atom is 0 e. The van der Waals surface area contributed by atoms with Crippen LogP contribution in [0.2, 0.25) is 17.3 Å². The van der Waals surface area contributed by atoms with Gasteiger partial charge in [0.15, 0.2) is 5.78 Å². The van der Waals surface area contributed by atoms with E-state index in [4.69, 9.17) is 9.40 Å². The van der Waals surface area contributed by atoms with E-state index in [2.05, 4.69) is 82.0 Å². The van der Waals surface area contributed by atoms with Crippen molar-refractivity contribution in [3.8, 4) is 22.4 Å². The van der Waals surface area contributed by atoms with Crippen molar-refractivity contribution in [2.75, 3.05) is 0 Å². The first-order valence-electron chi connectivity index (χ1n) is 18.2. The molecule has 0 saturated carbocycles. The average Bonchev–Trinajstić information content (AvgIpc) is 3.51. The Morgan fingerprint density at radius 3 is 2.12 bits per heavy atom. The van der Waals surface area contributed by atoms with E-state index in [0.717, 1.165) is 75.6 Å². The number of aliphatic hydroxyl groups is 1. The monoisotopic (exact) mass is 937 g/mol. The first-order valence-corrected chi connectivity index (χ1v) is 25.6. The number of benzene rings is 2. The molecule has 0 unspecified atom stereocenters. The van der Waals surface area contributed by atoms with Crippen molar-refractivity contribution in [1.82, 2.24) is 15.0 Å². The molecule has 0 bridgehead atoms. The normalized spacial score (nSPS) is 12.5. The van der Waals surface area contributed by atoms with Crippen molar-refractivity contribution in [2.24, 2.45) is 10.8 Å². The molecule has 0 amide bonds. The van der Waals surface area contributed by atoms with Gasteiger partial charge >= 0.3 is 194 Å². The zero-order valence-electron chi connectivity index (χ0n) is 32.3. The van der Waals surface area contributed by atoms with Gasteiger partial charge in [-0.1, -0.05) is 41.5 Å². The zero-order chi connectivity index (χ0) is 37.1. The second kappa shape index (κ2) is 16.6. The number of hydrogen-bond acceptors (Lipinski definition) is 6. The van der Waals surface area contributed by atoms with E-state index in [-0.39, 0.29) is 42.5 Å². The molecule has 2 aromatic carbocycles. The molecular weight excluding hydrogens is 883 g/mol. The molecule has 4 aromatic heterocycles. The van der Waals surface area contributed by atoms with Crippen LogP contribution in [0.25, 0.3) is 55.4 Å². The van der Waals surface area contributed by atoms with Crippen LogP contribution in [-0.2, 0) is 24.9 Å². The Morgan fingerprint density at radius 2 is 1.50 bits per heavy atom. The molecule has 6 aromatic rings. The van der Waals surface area contributed by atoms with Gasteiger partial charge in [-0.15, -0.1) is 0 Å². The van der Waals surface area contributed by atoms with Crippen LogP contribution in [-0.4, -0.2) is 39.1 Å². The van der Waals surface area contributed by atoms with Gasteiger partial charge in [0.2, 0.25) is 0 Å². The van der Waals surface area contributed by atoms with Gasteiger partial charge in [-0.25, -0.2) is 0 Å². The van der Waals surface area contributed by atoms with Crippen molar-refractivity contribution in [1.29, 1.82) is 0 Å². The zero-order valence-corrected chi connectivity index (χ0v) is 36.8. The number of allylic oxidation sites excluding steroid dienone is 2. The molecule has 275 valence electrons. The minimum absolute atomic E-state index is 0. The SMILES string of the molecule is CCC(C)(CC)C(=O)/C=C(\O)C(C)(CC)CC.Cc1ccc2c(n1)oc1c(-c3cc(-c4ccccc4)c4c[c]([Ge]([CH3])([CH3])[CH3])ccc4n3)[c-]ncc12.[Ir]. The molecule has 8 heteroatoms. The number of nitrogens with zero attached hydrogens (tertiary/aromatic N) is 3. The smallest absolute Gasteiger partial charge is 0 e. The summed E-state index contributed by atoms with van der Waals surface area (Å²) in [4.78, 5) is 26.2. The molecule has 0 spiro atoms. The topological polar surface area (TPSA) is 89.1 Å². The summed E-state index contributed by atoms with van der Waals surface area (Å²) in [5.74, 6) is 7.55. The van der Waals surface area contributed by atoms with Crippen LogP contribution in [0.4, 0.5) is 0 Å². The number of fused-ring (bicyclic) bond motifs is 4. The third-order valence-electron chi connectivity index (χ3n) is 10.9. The quantitative estimate of drug-likeness (QED) is 0.0637. The fourth-order valence-electron chi connectivity index (χ4n) is 6.15. The van der Waals surface area contributed by atoms with E-state index in [1.165, 1.54) is 15.9 Å². The first kappa shape index (κ1) is 41.1. The van der Waals surface area contributed by atoms with Gasteiger partial charge in [-0.2, -0.15) is 0 Å². The summed E-state index contributed by atoms with van der Waals surface area (Å²) in [5.41, 5.74) is 6.48. The second-order valence-corrected chi connectivity index (χ2v) is 25.9. The van der Waals surface area contributed by atoms with Gasteiger partial charge in [0.25, 0.3) is 0 Å². The molecular formula is C44H52GeIrN3O3-.